The zero-order valence-electron chi connectivity index (χ0n) is 5.68. The second-order valence-corrected chi connectivity index (χ2v) is 3.10. The highest BCUT2D eigenvalue weighted by molar-refractivity contribution is 7.98. The Morgan fingerprint density at radius 3 is 2.62 bits per heavy atom. The van der Waals surface area contributed by atoms with Crippen molar-refractivity contribution in [2.75, 3.05) is 12.0 Å². The second-order valence-electron chi connectivity index (χ2n) is 2.11. The molecule has 0 aliphatic rings. The topological polar surface area (TPSA) is 26.0 Å². The average molecular weight is 133 g/mol. The smallest absolute Gasteiger partial charge is 0.00107 e. The van der Waals surface area contributed by atoms with E-state index in [1.807, 2.05) is 11.8 Å². The molecule has 0 aromatic rings. The fourth-order valence-corrected chi connectivity index (χ4v) is 1.00. The van der Waals surface area contributed by atoms with Crippen molar-refractivity contribution in [3.05, 3.63) is 0 Å². The number of rotatable bonds is 4. The van der Waals surface area contributed by atoms with E-state index in [-0.39, 0.29) is 0 Å². The van der Waals surface area contributed by atoms with Crippen LogP contribution < -0.4 is 5.73 Å². The molecule has 0 aromatic carbocycles. The van der Waals surface area contributed by atoms with Crippen LogP contribution in [0.1, 0.15) is 19.8 Å². The molecule has 0 heterocycles. The first kappa shape index (κ1) is 8.31. The zero-order chi connectivity index (χ0) is 6.41. The van der Waals surface area contributed by atoms with E-state index in [0.717, 1.165) is 0 Å². The van der Waals surface area contributed by atoms with Crippen molar-refractivity contribution < 1.29 is 0 Å². The first-order valence-electron chi connectivity index (χ1n) is 3.02. The van der Waals surface area contributed by atoms with Crippen LogP contribution in [0, 0.1) is 0 Å². The Morgan fingerprint density at radius 1 is 1.62 bits per heavy atom. The molecule has 0 aliphatic carbocycles. The lowest BCUT2D eigenvalue weighted by molar-refractivity contribution is 0.657. The van der Waals surface area contributed by atoms with Crippen molar-refractivity contribution in [3.8, 4) is 0 Å². The quantitative estimate of drug-likeness (QED) is 0.588. The molecular formula is C6H15NS. The van der Waals surface area contributed by atoms with Crippen molar-refractivity contribution >= 4 is 11.8 Å². The van der Waals surface area contributed by atoms with Gasteiger partial charge in [-0.2, -0.15) is 11.8 Å². The third-order valence-corrected chi connectivity index (χ3v) is 1.70. The largest absolute Gasteiger partial charge is 0.328 e. The lowest BCUT2D eigenvalue weighted by Crippen LogP contribution is -2.14. The molecule has 2 N–H and O–H groups in total. The van der Waals surface area contributed by atoms with Gasteiger partial charge in [0.15, 0.2) is 0 Å². The normalized spacial score (nSPS) is 13.9. The Morgan fingerprint density at radius 2 is 2.25 bits per heavy atom. The van der Waals surface area contributed by atoms with E-state index in [9.17, 15) is 0 Å². The maximum atomic E-state index is 5.52. The van der Waals surface area contributed by atoms with Crippen molar-refractivity contribution in [1.82, 2.24) is 0 Å². The molecule has 0 aromatic heterocycles. The van der Waals surface area contributed by atoms with E-state index >= 15 is 0 Å². The molecular weight excluding hydrogens is 118 g/mol. The van der Waals surface area contributed by atoms with Gasteiger partial charge in [0.05, 0.1) is 0 Å². The summed E-state index contributed by atoms with van der Waals surface area (Å²) in [5, 5.41) is 0. The van der Waals surface area contributed by atoms with Crippen LogP contribution in [0.5, 0.6) is 0 Å². The molecule has 0 saturated carbocycles. The van der Waals surface area contributed by atoms with Crippen LogP contribution in [-0.4, -0.2) is 18.1 Å². The molecule has 0 bridgehead atoms. The standard InChI is InChI=1S/C6H15NS/c1-6(7)4-3-5-8-2/h6H,3-5,7H2,1-2H3/t6-/m0/s1. The van der Waals surface area contributed by atoms with E-state index < -0.39 is 0 Å². The molecule has 0 saturated heterocycles. The Kier molecular flexibility index (Phi) is 5.66. The Bertz CT molecular complexity index is 45.8. The van der Waals surface area contributed by atoms with Crippen molar-refractivity contribution in [2.24, 2.45) is 5.73 Å². The molecule has 0 aliphatic heterocycles. The molecule has 0 amide bonds. The fraction of sp³-hybridized carbons (Fsp3) is 1.00. The highest BCUT2D eigenvalue weighted by Gasteiger charge is 1.90. The molecule has 0 rings (SSSR count). The number of hydrogen-bond donors (Lipinski definition) is 1. The van der Waals surface area contributed by atoms with Crippen LogP contribution in [0.2, 0.25) is 0 Å². The van der Waals surface area contributed by atoms with Gasteiger partial charge in [0, 0.05) is 6.04 Å². The highest BCUT2D eigenvalue weighted by Crippen LogP contribution is 2.00. The summed E-state index contributed by atoms with van der Waals surface area (Å²) < 4.78 is 0. The van der Waals surface area contributed by atoms with Crippen molar-refractivity contribution in [3.63, 3.8) is 0 Å². The molecule has 1 nitrogen and oxygen atoms in total. The predicted molar refractivity (Wildman–Crippen MR) is 41.3 cm³/mol. The second kappa shape index (κ2) is 5.45. The van der Waals surface area contributed by atoms with Gasteiger partial charge in [0.25, 0.3) is 0 Å². The summed E-state index contributed by atoms with van der Waals surface area (Å²) in [5.41, 5.74) is 5.52. The molecule has 0 fully saturated rings. The summed E-state index contributed by atoms with van der Waals surface area (Å²) >= 11 is 1.89. The van der Waals surface area contributed by atoms with Crippen molar-refractivity contribution in [2.45, 2.75) is 25.8 Å². The number of thioether (sulfide) groups is 1. The number of nitrogens with two attached hydrogens (primary N) is 1. The van der Waals surface area contributed by atoms with E-state index in [0.29, 0.717) is 6.04 Å². The maximum absolute atomic E-state index is 5.52. The summed E-state index contributed by atoms with van der Waals surface area (Å²) in [6.07, 6.45) is 4.56. The lowest BCUT2D eigenvalue weighted by Gasteiger charge is -2.01. The SMILES string of the molecule is CSCCC[C@H](C)N. The van der Waals surface area contributed by atoms with Gasteiger partial charge >= 0.3 is 0 Å². The summed E-state index contributed by atoms with van der Waals surface area (Å²) in [5.74, 6) is 1.25. The van der Waals surface area contributed by atoms with E-state index in [4.69, 9.17) is 5.73 Å². The summed E-state index contributed by atoms with van der Waals surface area (Å²) in [7, 11) is 0. The third-order valence-electron chi connectivity index (χ3n) is 1.01. The first-order valence-corrected chi connectivity index (χ1v) is 4.41. The molecule has 0 radical (unpaired) electrons. The Balaban J connectivity index is 2.72. The van der Waals surface area contributed by atoms with Gasteiger partial charge in [0.1, 0.15) is 0 Å². The first-order chi connectivity index (χ1) is 3.77. The molecule has 0 spiro atoms. The van der Waals surface area contributed by atoms with Crippen LogP contribution in [0.4, 0.5) is 0 Å². The van der Waals surface area contributed by atoms with Crippen LogP contribution in [0.15, 0.2) is 0 Å². The van der Waals surface area contributed by atoms with Gasteiger partial charge in [0.2, 0.25) is 0 Å². The molecule has 0 unspecified atom stereocenters. The summed E-state index contributed by atoms with van der Waals surface area (Å²) in [6.45, 7) is 2.06. The lowest BCUT2D eigenvalue weighted by atomic mass is 10.2. The average Bonchev–Trinajstić information content (AvgIpc) is 1.66. The van der Waals surface area contributed by atoms with Gasteiger partial charge in [-0.3, -0.25) is 0 Å². The predicted octanol–water partition coefficient (Wildman–Crippen LogP) is 1.48. The summed E-state index contributed by atoms with van der Waals surface area (Å²) in [4.78, 5) is 0. The van der Waals surface area contributed by atoms with E-state index in [1.54, 1.807) is 0 Å². The van der Waals surface area contributed by atoms with E-state index in [2.05, 4.69) is 13.2 Å². The molecule has 50 valence electrons. The van der Waals surface area contributed by atoms with Crippen LogP contribution >= 0.6 is 11.8 Å². The maximum Gasteiger partial charge on any atom is 0.00107 e. The minimum Gasteiger partial charge on any atom is -0.328 e. The number of hydrogen-bond acceptors (Lipinski definition) is 2. The van der Waals surface area contributed by atoms with Crippen LogP contribution in [-0.2, 0) is 0 Å². The molecule has 1 atom stereocenters. The zero-order valence-corrected chi connectivity index (χ0v) is 6.50. The highest BCUT2D eigenvalue weighted by atomic mass is 32.2. The van der Waals surface area contributed by atoms with Crippen LogP contribution in [0.3, 0.4) is 0 Å². The van der Waals surface area contributed by atoms with Crippen LogP contribution in [0.25, 0.3) is 0 Å². The van der Waals surface area contributed by atoms with Gasteiger partial charge in [-0.1, -0.05) is 0 Å². The third kappa shape index (κ3) is 6.31. The van der Waals surface area contributed by atoms with Gasteiger partial charge < -0.3 is 5.73 Å². The van der Waals surface area contributed by atoms with Gasteiger partial charge in [-0.15, -0.1) is 0 Å². The van der Waals surface area contributed by atoms with Gasteiger partial charge in [-0.25, -0.2) is 0 Å². The summed E-state index contributed by atoms with van der Waals surface area (Å²) in [6, 6.07) is 0.391. The van der Waals surface area contributed by atoms with Crippen molar-refractivity contribution in [1.29, 1.82) is 0 Å². The fourth-order valence-electron chi connectivity index (χ4n) is 0.550. The van der Waals surface area contributed by atoms with E-state index in [1.165, 1.54) is 18.6 Å². The molecule has 2 heteroatoms. The Labute approximate surface area is 56.0 Å². The monoisotopic (exact) mass is 133 g/mol. The van der Waals surface area contributed by atoms with Gasteiger partial charge in [-0.05, 0) is 31.8 Å². The Hall–Kier alpha value is 0.310. The minimum absolute atomic E-state index is 0.391. The minimum atomic E-state index is 0.391. The molecule has 8 heavy (non-hydrogen) atoms.